The number of nitrogens with zero attached hydrogens (tertiary/aromatic N) is 3. The van der Waals surface area contributed by atoms with Gasteiger partial charge in [-0.15, -0.1) is 0 Å². The Morgan fingerprint density at radius 3 is 2.48 bits per heavy atom. The second-order valence-corrected chi connectivity index (χ2v) is 7.56. The summed E-state index contributed by atoms with van der Waals surface area (Å²) in [6.07, 6.45) is 4.92. The first-order chi connectivity index (χ1) is 10.2. The lowest BCUT2D eigenvalue weighted by Crippen LogP contribution is -2.57. The molecule has 1 atom stereocenters. The molecule has 1 aromatic heterocycles. The Kier molecular flexibility index (Phi) is 3.79. The van der Waals surface area contributed by atoms with Gasteiger partial charge in [0.05, 0.1) is 15.3 Å². The van der Waals surface area contributed by atoms with Crippen molar-refractivity contribution in [2.45, 2.75) is 37.6 Å². The van der Waals surface area contributed by atoms with Crippen LogP contribution >= 0.6 is 22.6 Å². The molecule has 1 aromatic rings. The molecular formula is C15H21IN4O. The lowest BCUT2D eigenvalue weighted by Gasteiger charge is -2.46. The van der Waals surface area contributed by atoms with Crippen LogP contribution in [-0.4, -0.2) is 52.5 Å². The number of hydrogen-bond acceptors (Lipinski definition) is 4. The highest BCUT2D eigenvalue weighted by Gasteiger charge is 2.35. The maximum atomic E-state index is 12.3. The topological polar surface area (TPSA) is 52.2 Å². The third-order valence-corrected chi connectivity index (χ3v) is 6.29. The minimum absolute atomic E-state index is 0.0557. The normalized spacial score (nSPS) is 32.7. The van der Waals surface area contributed by atoms with E-state index in [1.54, 1.807) is 0 Å². The van der Waals surface area contributed by atoms with Gasteiger partial charge in [-0.3, -0.25) is 14.6 Å². The van der Waals surface area contributed by atoms with E-state index in [1.807, 2.05) is 0 Å². The number of fused-ring (bicyclic) bond motifs is 3. The fraction of sp³-hybridized carbons (Fsp3) is 0.733. The van der Waals surface area contributed by atoms with Gasteiger partial charge in [0.15, 0.2) is 0 Å². The van der Waals surface area contributed by atoms with Gasteiger partial charge in [-0.25, -0.2) is 4.98 Å². The SMILES string of the molecule is O=c1[nH]c(C2CN3CCN2CC3)nc(C2CCCC2)c1I. The second-order valence-electron chi connectivity index (χ2n) is 6.48. The average Bonchev–Trinajstić information content (AvgIpc) is 3.05. The number of nitrogens with one attached hydrogen (secondary N) is 1. The van der Waals surface area contributed by atoms with Crippen molar-refractivity contribution < 1.29 is 0 Å². The highest BCUT2D eigenvalue weighted by Crippen LogP contribution is 2.35. The van der Waals surface area contributed by atoms with E-state index in [9.17, 15) is 4.79 Å². The molecule has 6 heteroatoms. The molecule has 21 heavy (non-hydrogen) atoms. The van der Waals surface area contributed by atoms with Crippen LogP contribution in [0.25, 0.3) is 0 Å². The van der Waals surface area contributed by atoms with Crippen LogP contribution in [0.4, 0.5) is 0 Å². The fourth-order valence-corrected chi connectivity index (χ4v) is 4.69. The molecule has 4 heterocycles. The zero-order valence-corrected chi connectivity index (χ0v) is 14.3. The zero-order chi connectivity index (χ0) is 14.4. The molecule has 5 rings (SSSR count). The molecule has 0 aromatic carbocycles. The minimum Gasteiger partial charge on any atom is -0.308 e. The van der Waals surface area contributed by atoms with Crippen LogP contribution in [0.2, 0.25) is 0 Å². The highest BCUT2D eigenvalue weighted by atomic mass is 127. The first-order valence-corrected chi connectivity index (χ1v) is 9.06. The molecule has 3 saturated heterocycles. The lowest BCUT2D eigenvalue weighted by atomic mass is 10.0. The third-order valence-electron chi connectivity index (χ3n) is 5.24. The summed E-state index contributed by atoms with van der Waals surface area (Å²) < 4.78 is 0.805. The van der Waals surface area contributed by atoms with Crippen LogP contribution in [0.15, 0.2) is 4.79 Å². The molecule has 3 aliphatic heterocycles. The highest BCUT2D eigenvalue weighted by molar-refractivity contribution is 14.1. The molecule has 4 fully saturated rings. The molecule has 0 radical (unpaired) electrons. The molecule has 1 unspecified atom stereocenters. The van der Waals surface area contributed by atoms with Crippen molar-refractivity contribution in [2.24, 2.45) is 0 Å². The maximum absolute atomic E-state index is 12.3. The Morgan fingerprint density at radius 1 is 1.14 bits per heavy atom. The van der Waals surface area contributed by atoms with Gasteiger partial charge in [0.25, 0.3) is 5.56 Å². The molecule has 4 aliphatic rings. The minimum atomic E-state index is 0.0557. The number of H-pyrrole nitrogens is 1. The van der Waals surface area contributed by atoms with Gasteiger partial charge in [0.2, 0.25) is 0 Å². The van der Waals surface area contributed by atoms with Gasteiger partial charge >= 0.3 is 0 Å². The van der Waals surface area contributed by atoms with Gasteiger partial charge < -0.3 is 4.98 Å². The zero-order valence-electron chi connectivity index (χ0n) is 12.1. The molecule has 2 bridgehead atoms. The summed E-state index contributed by atoms with van der Waals surface area (Å²) in [6, 6.07) is 0.275. The molecule has 114 valence electrons. The van der Waals surface area contributed by atoms with Crippen molar-refractivity contribution in [1.82, 2.24) is 19.8 Å². The summed E-state index contributed by atoms with van der Waals surface area (Å²) >= 11 is 2.18. The molecule has 0 amide bonds. The summed E-state index contributed by atoms with van der Waals surface area (Å²) in [5.74, 6) is 1.39. The van der Waals surface area contributed by atoms with Gasteiger partial charge in [-0.2, -0.15) is 0 Å². The maximum Gasteiger partial charge on any atom is 0.264 e. The van der Waals surface area contributed by atoms with Crippen molar-refractivity contribution in [2.75, 3.05) is 32.7 Å². The molecular weight excluding hydrogens is 379 g/mol. The Bertz CT molecular complexity index is 588. The van der Waals surface area contributed by atoms with E-state index in [1.165, 1.54) is 25.7 Å². The van der Waals surface area contributed by atoms with Crippen LogP contribution < -0.4 is 5.56 Å². The Labute approximate surface area is 138 Å². The van der Waals surface area contributed by atoms with E-state index >= 15 is 0 Å². The predicted octanol–water partition coefficient (Wildman–Crippen LogP) is 1.70. The summed E-state index contributed by atoms with van der Waals surface area (Å²) in [5.41, 5.74) is 1.12. The van der Waals surface area contributed by atoms with Crippen molar-refractivity contribution in [3.05, 3.63) is 25.4 Å². The number of piperazine rings is 3. The predicted molar refractivity (Wildman–Crippen MR) is 89.5 cm³/mol. The first kappa shape index (κ1) is 14.1. The van der Waals surface area contributed by atoms with Crippen molar-refractivity contribution in [1.29, 1.82) is 0 Å². The molecule has 5 nitrogen and oxygen atoms in total. The van der Waals surface area contributed by atoms with Gasteiger partial charge in [-0.1, -0.05) is 12.8 Å². The van der Waals surface area contributed by atoms with Crippen LogP contribution in [0.3, 0.4) is 0 Å². The van der Waals surface area contributed by atoms with Gasteiger partial charge in [0.1, 0.15) is 5.82 Å². The molecule has 1 N–H and O–H groups in total. The number of aromatic amines is 1. The Balaban J connectivity index is 1.70. The molecule has 1 saturated carbocycles. The van der Waals surface area contributed by atoms with Crippen LogP contribution in [0, 0.1) is 3.57 Å². The van der Waals surface area contributed by atoms with Gasteiger partial charge in [0, 0.05) is 38.6 Å². The number of rotatable bonds is 2. The second kappa shape index (κ2) is 5.62. The summed E-state index contributed by atoms with van der Waals surface area (Å²) in [7, 11) is 0. The van der Waals surface area contributed by atoms with Crippen LogP contribution in [0.1, 0.15) is 49.2 Å². The van der Waals surface area contributed by atoms with E-state index < -0.39 is 0 Å². The van der Waals surface area contributed by atoms with E-state index in [0.29, 0.717) is 5.92 Å². The number of halogens is 1. The van der Waals surface area contributed by atoms with Crippen LogP contribution in [0.5, 0.6) is 0 Å². The van der Waals surface area contributed by atoms with Crippen molar-refractivity contribution in [3.8, 4) is 0 Å². The number of aromatic nitrogens is 2. The Hall–Kier alpha value is -0.470. The molecule has 1 aliphatic carbocycles. The fourth-order valence-electron chi connectivity index (χ4n) is 4.00. The first-order valence-electron chi connectivity index (χ1n) is 7.98. The summed E-state index contributed by atoms with van der Waals surface area (Å²) in [5, 5.41) is 0. The van der Waals surface area contributed by atoms with E-state index in [-0.39, 0.29) is 11.6 Å². The largest absolute Gasteiger partial charge is 0.308 e. The summed E-state index contributed by atoms with van der Waals surface area (Å²) in [4.78, 5) is 25.3. The smallest absolute Gasteiger partial charge is 0.264 e. The van der Waals surface area contributed by atoms with Crippen molar-refractivity contribution >= 4 is 22.6 Å². The van der Waals surface area contributed by atoms with Gasteiger partial charge in [-0.05, 0) is 35.4 Å². The van der Waals surface area contributed by atoms with E-state index in [2.05, 4.69) is 37.4 Å². The number of hydrogen-bond donors (Lipinski definition) is 1. The van der Waals surface area contributed by atoms with Crippen LogP contribution in [-0.2, 0) is 0 Å². The van der Waals surface area contributed by atoms with E-state index in [0.717, 1.165) is 47.8 Å². The lowest BCUT2D eigenvalue weighted by molar-refractivity contribution is 0.00840. The quantitative estimate of drug-likeness (QED) is 0.769. The molecule has 0 spiro atoms. The standard InChI is InChI=1S/C15H21IN4O/c16-12-13(10-3-1-2-4-10)17-14(18-15(12)21)11-9-19-5-7-20(11)8-6-19/h10-11H,1-9H2,(H,17,18,21). The average molecular weight is 400 g/mol. The van der Waals surface area contributed by atoms with Crippen molar-refractivity contribution in [3.63, 3.8) is 0 Å². The monoisotopic (exact) mass is 400 g/mol. The Morgan fingerprint density at radius 2 is 1.86 bits per heavy atom. The summed E-state index contributed by atoms with van der Waals surface area (Å²) in [6.45, 7) is 5.51. The third kappa shape index (κ3) is 2.55. The van der Waals surface area contributed by atoms with E-state index in [4.69, 9.17) is 4.98 Å².